The van der Waals surface area contributed by atoms with Gasteiger partial charge in [-0.1, -0.05) is 19.8 Å². The van der Waals surface area contributed by atoms with Gasteiger partial charge in [0.2, 0.25) is 5.91 Å². The fourth-order valence-electron chi connectivity index (χ4n) is 3.48. The normalized spacial score (nSPS) is 19.9. The van der Waals surface area contributed by atoms with E-state index in [9.17, 15) is 9.59 Å². The minimum Gasteiger partial charge on any atom is -0.353 e. The molecule has 0 aromatic carbocycles. The van der Waals surface area contributed by atoms with E-state index in [0.29, 0.717) is 31.3 Å². The van der Waals surface area contributed by atoms with Gasteiger partial charge in [-0.05, 0) is 43.4 Å². The Labute approximate surface area is 153 Å². The van der Waals surface area contributed by atoms with Gasteiger partial charge in [0.25, 0.3) is 5.56 Å². The number of nitrogens with zero attached hydrogens (tertiary/aromatic N) is 3. The summed E-state index contributed by atoms with van der Waals surface area (Å²) in [5.74, 6) is 0.621. The standard InChI is InChI=1S/C20H26N4O2/c1-15-5-2-3-6-17(15)22-19(25)7-4-14-24-20(26)9-8-18(23-24)16-10-12-21-13-11-16/h8-13,15,17H,2-7,14H2,1H3,(H,22,25). The van der Waals surface area contributed by atoms with E-state index < -0.39 is 0 Å². The lowest BCUT2D eigenvalue weighted by molar-refractivity contribution is -0.122. The zero-order valence-electron chi connectivity index (χ0n) is 15.2. The maximum Gasteiger partial charge on any atom is 0.266 e. The van der Waals surface area contributed by atoms with E-state index in [2.05, 4.69) is 22.3 Å². The molecule has 2 aromatic heterocycles. The van der Waals surface area contributed by atoms with Crippen LogP contribution in [0.2, 0.25) is 0 Å². The highest BCUT2D eigenvalue weighted by Crippen LogP contribution is 2.23. The lowest BCUT2D eigenvalue weighted by Crippen LogP contribution is -2.41. The molecule has 26 heavy (non-hydrogen) atoms. The molecule has 6 nitrogen and oxygen atoms in total. The van der Waals surface area contributed by atoms with Gasteiger partial charge in [-0.15, -0.1) is 0 Å². The van der Waals surface area contributed by atoms with Crippen LogP contribution >= 0.6 is 0 Å². The minimum atomic E-state index is -0.149. The maximum absolute atomic E-state index is 12.2. The van der Waals surface area contributed by atoms with E-state index in [0.717, 1.165) is 17.7 Å². The molecule has 1 fully saturated rings. The summed E-state index contributed by atoms with van der Waals surface area (Å²) in [5, 5.41) is 7.56. The Bertz CT molecular complexity index is 788. The number of hydrogen-bond acceptors (Lipinski definition) is 4. The number of amides is 1. The van der Waals surface area contributed by atoms with Crippen LogP contribution in [0.4, 0.5) is 0 Å². The molecule has 2 aromatic rings. The summed E-state index contributed by atoms with van der Waals surface area (Å²) in [7, 11) is 0. The first kappa shape index (κ1) is 18.3. The number of rotatable bonds is 6. The number of nitrogens with one attached hydrogen (secondary N) is 1. The zero-order valence-corrected chi connectivity index (χ0v) is 15.2. The number of aromatic nitrogens is 3. The van der Waals surface area contributed by atoms with Crippen molar-refractivity contribution in [2.24, 2.45) is 5.92 Å². The molecule has 2 atom stereocenters. The Kier molecular flexibility index (Phi) is 6.15. The second-order valence-corrected chi connectivity index (χ2v) is 7.06. The van der Waals surface area contributed by atoms with Crippen LogP contribution in [0.25, 0.3) is 11.3 Å². The minimum absolute atomic E-state index is 0.0714. The zero-order chi connectivity index (χ0) is 18.4. The summed E-state index contributed by atoms with van der Waals surface area (Å²) in [6.07, 6.45) is 9.11. The highest BCUT2D eigenvalue weighted by Gasteiger charge is 2.22. The molecule has 6 heteroatoms. The average Bonchev–Trinajstić information content (AvgIpc) is 2.66. The van der Waals surface area contributed by atoms with Crippen molar-refractivity contribution in [3.8, 4) is 11.3 Å². The molecular weight excluding hydrogens is 328 g/mol. The van der Waals surface area contributed by atoms with Crippen LogP contribution in [-0.2, 0) is 11.3 Å². The Hall–Kier alpha value is -2.50. The van der Waals surface area contributed by atoms with Crippen molar-refractivity contribution in [2.75, 3.05) is 0 Å². The molecule has 1 saturated carbocycles. The van der Waals surface area contributed by atoms with Gasteiger partial charge < -0.3 is 5.32 Å². The van der Waals surface area contributed by atoms with Crippen molar-refractivity contribution in [1.82, 2.24) is 20.1 Å². The quantitative estimate of drug-likeness (QED) is 0.865. The molecule has 0 aliphatic heterocycles. The third-order valence-corrected chi connectivity index (χ3v) is 5.07. The first-order valence-corrected chi connectivity index (χ1v) is 9.41. The van der Waals surface area contributed by atoms with Gasteiger partial charge >= 0.3 is 0 Å². The predicted molar refractivity (Wildman–Crippen MR) is 101 cm³/mol. The summed E-state index contributed by atoms with van der Waals surface area (Å²) in [6, 6.07) is 7.25. The lowest BCUT2D eigenvalue weighted by atomic mass is 9.86. The Morgan fingerprint density at radius 1 is 1.19 bits per heavy atom. The molecule has 2 heterocycles. The van der Waals surface area contributed by atoms with Gasteiger partial charge in [0.1, 0.15) is 0 Å². The molecule has 1 amide bonds. The van der Waals surface area contributed by atoms with Gasteiger partial charge in [0.05, 0.1) is 5.69 Å². The largest absolute Gasteiger partial charge is 0.353 e. The monoisotopic (exact) mass is 354 g/mol. The van der Waals surface area contributed by atoms with Crippen LogP contribution < -0.4 is 10.9 Å². The van der Waals surface area contributed by atoms with Gasteiger partial charge in [0.15, 0.2) is 0 Å². The smallest absolute Gasteiger partial charge is 0.266 e. The molecule has 1 N–H and O–H groups in total. The van der Waals surface area contributed by atoms with Crippen molar-refractivity contribution >= 4 is 5.91 Å². The SMILES string of the molecule is CC1CCCCC1NC(=O)CCCn1nc(-c2ccncc2)ccc1=O. The van der Waals surface area contributed by atoms with Crippen LogP contribution in [-0.4, -0.2) is 26.7 Å². The van der Waals surface area contributed by atoms with Crippen LogP contribution in [0.1, 0.15) is 45.4 Å². The first-order valence-electron chi connectivity index (χ1n) is 9.41. The number of pyridine rings is 1. The molecule has 1 aliphatic rings. The summed E-state index contributed by atoms with van der Waals surface area (Å²) >= 11 is 0. The Balaban J connectivity index is 1.54. The highest BCUT2D eigenvalue weighted by molar-refractivity contribution is 5.76. The van der Waals surface area contributed by atoms with Gasteiger partial charge in [0, 0.05) is 43.0 Å². The van der Waals surface area contributed by atoms with Gasteiger partial charge in [-0.25, -0.2) is 4.68 Å². The maximum atomic E-state index is 12.2. The molecule has 0 spiro atoms. The van der Waals surface area contributed by atoms with Crippen LogP contribution in [0.3, 0.4) is 0 Å². The summed E-state index contributed by atoms with van der Waals surface area (Å²) in [4.78, 5) is 28.2. The van der Waals surface area contributed by atoms with Gasteiger partial charge in [-0.3, -0.25) is 14.6 Å². The number of hydrogen-bond donors (Lipinski definition) is 1. The van der Waals surface area contributed by atoms with Crippen molar-refractivity contribution in [1.29, 1.82) is 0 Å². The Morgan fingerprint density at radius 2 is 1.96 bits per heavy atom. The molecule has 0 radical (unpaired) electrons. The van der Waals surface area contributed by atoms with Crippen molar-refractivity contribution in [3.63, 3.8) is 0 Å². The topological polar surface area (TPSA) is 76.9 Å². The van der Waals surface area contributed by atoms with E-state index in [1.165, 1.54) is 30.0 Å². The molecule has 138 valence electrons. The average molecular weight is 354 g/mol. The number of aryl methyl sites for hydroxylation is 1. The predicted octanol–water partition coefficient (Wildman–Crippen LogP) is 2.78. The van der Waals surface area contributed by atoms with Crippen LogP contribution in [0.5, 0.6) is 0 Å². The van der Waals surface area contributed by atoms with E-state index in [1.54, 1.807) is 18.5 Å². The van der Waals surface area contributed by atoms with E-state index >= 15 is 0 Å². The van der Waals surface area contributed by atoms with E-state index in [4.69, 9.17) is 0 Å². The first-order chi connectivity index (χ1) is 12.6. The molecule has 0 bridgehead atoms. The van der Waals surface area contributed by atoms with Crippen LogP contribution in [0.15, 0.2) is 41.5 Å². The van der Waals surface area contributed by atoms with Gasteiger partial charge in [-0.2, -0.15) is 5.10 Å². The number of carbonyl (C=O) groups is 1. The second kappa shape index (κ2) is 8.74. The lowest BCUT2D eigenvalue weighted by Gasteiger charge is -2.29. The molecular formula is C20H26N4O2. The second-order valence-electron chi connectivity index (χ2n) is 7.06. The van der Waals surface area contributed by atoms with Crippen molar-refractivity contribution < 1.29 is 4.79 Å². The summed E-state index contributed by atoms with van der Waals surface area (Å²) in [6.45, 7) is 2.64. The van der Waals surface area contributed by atoms with E-state index in [-0.39, 0.29) is 11.5 Å². The third kappa shape index (κ3) is 4.77. The highest BCUT2D eigenvalue weighted by atomic mass is 16.1. The molecule has 0 saturated heterocycles. The summed E-state index contributed by atoms with van der Waals surface area (Å²) < 4.78 is 1.44. The third-order valence-electron chi connectivity index (χ3n) is 5.07. The van der Waals surface area contributed by atoms with E-state index in [1.807, 2.05) is 12.1 Å². The Morgan fingerprint density at radius 3 is 2.73 bits per heavy atom. The molecule has 1 aliphatic carbocycles. The number of carbonyl (C=O) groups excluding carboxylic acids is 1. The molecule has 2 unspecified atom stereocenters. The molecule has 3 rings (SSSR count). The van der Waals surface area contributed by atoms with Crippen molar-refractivity contribution in [2.45, 2.75) is 58.0 Å². The van der Waals surface area contributed by atoms with Crippen LogP contribution in [0, 0.1) is 5.92 Å². The van der Waals surface area contributed by atoms with Crippen molar-refractivity contribution in [3.05, 3.63) is 47.0 Å². The fourth-order valence-corrected chi connectivity index (χ4v) is 3.48. The summed E-state index contributed by atoms with van der Waals surface area (Å²) in [5.41, 5.74) is 1.49. The fraction of sp³-hybridized carbons (Fsp3) is 0.500.